The van der Waals surface area contributed by atoms with Gasteiger partial charge in [0.2, 0.25) is 0 Å². The molecule has 0 radical (unpaired) electrons. The van der Waals surface area contributed by atoms with Crippen LogP contribution in [0.15, 0.2) is 30.2 Å². The van der Waals surface area contributed by atoms with Gasteiger partial charge in [-0.25, -0.2) is 0 Å². The molecule has 0 aliphatic carbocycles. The van der Waals surface area contributed by atoms with Crippen molar-refractivity contribution < 1.29 is 30.5 Å². The topological polar surface area (TPSA) is 65.5 Å². The second-order valence-electron chi connectivity index (χ2n) is 4.39. The van der Waals surface area contributed by atoms with Gasteiger partial charge in [0.25, 0.3) is 0 Å². The molecule has 0 amide bonds. The van der Waals surface area contributed by atoms with E-state index >= 15 is 0 Å². The lowest BCUT2D eigenvalue weighted by Crippen LogP contribution is -2.26. The molecule has 0 spiro atoms. The SMILES string of the molecule is Cc1cc(C2C=C(OS(=O)(=O)C(F)(F)F)CCO2)ccn1. The Morgan fingerprint density at radius 1 is 1.43 bits per heavy atom. The summed E-state index contributed by atoms with van der Waals surface area (Å²) >= 11 is 0. The molecule has 5 nitrogen and oxygen atoms in total. The van der Waals surface area contributed by atoms with E-state index in [1.165, 1.54) is 12.3 Å². The van der Waals surface area contributed by atoms with Crippen LogP contribution in [0.25, 0.3) is 0 Å². The summed E-state index contributed by atoms with van der Waals surface area (Å²) in [6, 6.07) is 3.33. The van der Waals surface area contributed by atoms with Gasteiger partial charge in [0.15, 0.2) is 0 Å². The number of pyridine rings is 1. The monoisotopic (exact) mass is 323 g/mol. The van der Waals surface area contributed by atoms with E-state index in [-0.39, 0.29) is 18.8 Å². The van der Waals surface area contributed by atoms with Crippen LogP contribution in [0.3, 0.4) is 0 Å². The molecular weight excluding hydrogens is 311 g/mol. The molecule has 0 bridgehead atoms. The summed E-state index contributed by atoms with van der Waals surface area (Å²) in [4.78, 5) is 3.99. The van der Waals surface area contributed by atoms with E-state index in [1.54, 1.807) is 19.1 Å². The van der Waals surface area contributed by atoms with E-state index in [1.807, 2.05) is 0 Å². The number of alkyl halides is 3. The average Bonchev–Trinajstić information content (AvgIpc) is 2.37. The second kappa shape index (κ2) is 5.64. The lowest BCUT2D eigenvalue weighted by Gasteiger charge is -2.22. The Labute approximate surface area is 119 Å². The van der Waals surface area contributed by atoms with Crippen molar-refractivity contribution in [3.8, 4) is 0 Å². The number of nitrogens with zero attached hydrogens (tertiary/aromatic N) is 1. The van der Waals surface area contributed by atoms with Gasteiger partial charge in [-0.3, -0.25) is 4.98 Å². The van der Waals surface area contributed by atoms with Crippen LogP contribution in [-0.4, -0.2) is 25.5 Å². The van der Waals surface area contributed by atoms with E-state index in [0.717, 1.165) is 0 Å². The molecule has 0 saturated carbocycles. The highest BCUT2D eigenvalue weighted by atomic mass is 32.2. The zero-order valence-corrected chi connectivity index (χ0v) is 11.7. The quantitative estimate of drug-likeness (QED) is 0.632. The van der Waals surface area contributed by atoms with Crippen molar-refractivity contribution in [2.75, 3.05) is 6.61 Å². The standard InChI is InChI=1S/C12H12F3NO4S/c1-8-6-9(2-4-16-8)11-7-10(3-5-19-11)20-21(17,18)12(13,14)15/h2,4,6-7,11H,3,5H2,1H3. The Balaban J connectivity index is 2.22. The summed E-state index contributed by atoms with van der Waals surface area (Å²) in [6.45, 7) is 1.81. The number of hydrogen-bond donors (Lipinski definition) is 0. The van der Waals surface area contributed by atoms with Crippen molar-refractivity contribution in [2.24, 2.45) is 0 Å². The number of aromatic nitrogens is 1. The fourth-order valence-electron chi connectivity index (χ4n) is 1.78. The average molecular weight is 323 g/mol. The maximum atomic E-state index is 12.3. The minimum Gasteiger partial charge on any atom is -0.381 e. The zero-order valence-electron chi connectivity index (χ0n) is 10.9. The van der Waals surface area contributed by atoms with Crippen molar-refractivity contribution in [1.82, 2.24) is 4.98 Å². The summed E-state index contributed by atoms with van der Waals surface area (Å²) in [7, 11) is -5.65. The minimum atomic E-state index is -5.65. The Morgan fingerprint density at radius 2 is 2.14 bits per heavy atom. The van der Waals surface area contributed by atoms with Gasteiger partial charge in [0, 0.05) is 18.3 Å². The molecule has 0 aromatic carbocycles. The van der Waals surface area contributed by atoms with Crippen molar-refractivity contribution >= 4 is 10.1 Å². The molecule has 0 saturated heterocycles. The van der Waals surface area contributed by atoms with Gasteiger partial charge in [0.05, 0.1) is 6.61 Å². The smallest absolute Gasteiger partial charge is 0.381 e. The van der Waals surface area contributed by atoms with Gasteiger partial charge in [-0.15, -0.1) is 0 Å². The van der Waals surface area contributed by atoms with Gasteiger partial charge in [-0.05, 0) is 30.7 Å². The highest BCUT2D eigenvalue weighted by Crippen LogP contribution is 2.31. The molecule has 1 aliphatic heterocycles. The molecule has 1 unspecified atom stereocenters. The van der Waals surface area contributed by atoms with Crippen molar-refractivity contribution in [3.63, 3.8) is 0 Å². The van der Waals surface area contributed by atoms with Crippen LogP contribution in [0.4, 0.5) is 13.2 Å². The molecule has 9 heteroatoms. The summed E-state index contributed by atoms with van der Waals surface area (Å²) < 4.78 is 68.3. The summed E-state index contributed by atoms with van der Waals surface area (Å²) in [5.41, 5.74) is -4.08. The lowest BCUT2D eigenvalue weighted by molar-refractivity contribution is -0.0530. The first-order chi connectivity index (χ1) is 9.69. The molecule has 2 heterocycles. The largest absolute Gasteiger partial charge is 0.534 e. The molecule has 1 aliphatic rings. The molecule has 1 atom stereocenters. The first-order valence-corrected chi connectivity index (χ1v) is 7.35. The number of rotatable bonds is 3. The minimum absolute atomic E-state index is 0.0458. The molecule has 1 aromatic rings. The Kier molecular flexibility index (Phi) is 4.24. The molecular formula is C12H12F3NO4S. The normalized spacial score (nSPS) is 20.0. The maximum Gasteiger partial charge on any atom is 0.534 e. The maximum absolute atomic E-state index is 12.3. The first-order valence-electron chi connectivity index (χ1n) is 5.94. The predicted molar refractivity (Wildman–Crippen MR) is 66.4 cm³/mol. The first kappa shape index (κ1) is 15.8. The fraction of sp³-hybridized carbons (Fsp3) is 0.417. The van der Waals surface area contributed by atoms with Crippen LogP contribution < -0.4 is 0 Å². The third-order valence-corrected chi connectivity index (χ3v) is 3.73. The summed E-state index contributed by atoms with van der Waals surface area (Å²) in [5.74, 6) is -0.280. The Hall–Kier alpha value is -1.61. The molecule has 21 heavy (non-hydrogen) atoms. The Morgan fingerprint density at radius 3 is 2.76 bits per heavy atom. The van der Waals surface area contributed by atoms with Crippen molar-refractivity contribution in [3.05, 3.63) is 41.4 Å². The number of aryl methyl sites for hydroxylation is 1. The highest BCUT2D eigenvalue weighted by molar-refractivity contribution is 7.87. The number of ether oxygens (including phenoxy) is 1. The van der Waals surface area contributed by atoms with Crippen LogP contribution >= 0.6 is 0 Å². The van der Waals surface area contributed by atoms with Gasteiger partial charge in [0.1, 0.15) is 11.9 Å². The Bertz CT molecular complexity index is 655. The molecule has 1 aromatic heterocycles. The second-order valence-corrected chi connectivity index (χ2v) is 5.93. The van der Waals surface area contributed by atoms with Gasteiger partial charge >= 0.3 is 15.6 Å². The van der Waals surface area contributed by atoms with Crippen LogP contribution in [0.1, 0.15) is 23.8 Å². The number of halogens is 3. The molecule has 0 fully saturated rings. The van der Waals surface area contributed by atoms with E-state index in [0.29, 0.717) is 11.3 Å². The van der Waals surface area contributed by atoms with E-state index in [2.05, 4.69) is 9.17 Å². The van der Waals surface area contributed by atoms with Crippen molar-refractivity contribution in [1.29, 1.82) is 0 Å². The highest BCUT2D eigenvalue weighted by Gasteiger charge is 2.49. The third kappa shape index (κ3) is 3.73. The predicted octanol–water partition coefficient (Wildman–Crippen LogP) is 2.60. The van der Waals surface area contributed by atoms with Gasteiger partial charge in [-0.2, -0.15) is 21.6 Å². The van der Waals surface area contributed by atoms with Crippen LogP contribution in [-0.2, 0) is 19.0 Å². The zero-order chi connectivity index (χ0) is 15.7. The van der Waals surface area contributed by atoms with E-state index in [9.17, 15) is 21.6 Å². The van der Waals surface area contributed by atoms with Gasteiger partial charge in [-0.1, -0.05) is 0 Å². The van der Waals surface area contributed by atoms with Crippen LogP contribution in [0.2, 0.25) is 0 Å². The van der Waals surface area contributed by atoms with Gasteiger partial charge < -0.3 is 8.92 Å². The van der Waals surface area contributed by atoms with Crippen LogP contribution in [0, 0.1) is 6.92 Å². The molecule has 2 rings (SSSR count). The number of hydrogen-bond acceptors (Lipinski definition) is 5. The van der Waals surface area contributed by atoms with Crippen molar-refractivity contribution in [2.45, 2.75) is 25.0 Å². The summed E-state index contributed by atoms with van der Waals surface area (Å²) in [6.07, 6.45) is 2.04. The van der Waals surface area contributed by atoms with E-state index < -0.39 is 21.7 Å². The lowest BCUT2D eigenvalue weighted by atomic mass is 10.1. The van der Waals surface area contributed by atoms with Crippen LogP contribution in [0.5, 0.6) is 0 Å². The molecule has 116 valence electrons. The fourth-order valence-corrected chi connectivity index (χ4v) is 2.30. The van der Waals surface area contributed by atoms with E-state index in [4.69, 9.17) is 4.74 Å². The molecule has 0 N–H and O–H groups in total. The third-order valence-electron chi connectivity index (χ3n) is 2.73. The summed E-state index contributed by atoms with van der Waals surface area (Å²) in [5, 5.41) is 0.